The van der Waals surface area contributed by atoms with Gasteiger partial charge in [-0.15, -0.1) is 0 Å². The maximum atomic E-state index is 10.4. The molecular formula is C13H21N5O7. The lowest BCUT2D eigenvalue weighted by atomic mass is 10.2. The molecule has 12 heteroatoms. The minimum Gasteiger partial charge on any atom is -0.497 e. The third-order valence-electron chi connectivity index (χ3n) is 3.23. The van der Waals surface area contributed by atoms with Crippen LogP contribution in [-0.2, 0) is 0 Å². The highest BCUT2D eigenvalue weighted by molar-refractivity contribution is 5.64. The van der Waals surface area contributed by atoms with Gasteiger partial charge in [0.15, 0.2) is 0 Å². The fraction of sp³-hybridized carbons (Fsp3) is 0.538. The molecule has 0 aliphatic rings. The molecule has 0 bridgehead atoms. The fourth-order valence-corrected chi connectivity index (χ4v) is 1.83. The zero-order valence-electron chi connectivity index (χ0n) is 14.0. The molecule has 0 saturated carbocycles. The van der Waals surface area contributed by atoms with Gasteiger partial charge in [-0.05, 0) is 32.6 Å². The summed E-state index contributed by atoms with van der Waals surface area (Å²) in [7, 11) is 0. The SMILES string of the molecule is CCN(CC)CCCN.O=[N+]([O-])c1cc([N+](=O)[O-])c(O)c([N+](=O)[O-])c1. The number of nitro benzene ring substituents is 3. The van der Waals surface area contributed by atoms with E-state index in [9.17, 15) is 30.3 Å². The molecule has 0 amide bonds. The molecule has 0 spiro atoms. The summed E-state index contributed by atoms with van der Waals surface area (Å²) in [5.74, 6) is -1.21. The molecule has 0 aliphatic carbocycles. The van der Waals surface area contributed by atoms with E-state index in [0.717, 1.165) is 32.6 Å². The summed E-state index contributed by atoms with van der Waals surface area (Å²) >= 11 is 0. The number of aromatic hydroxyl groups is 1. The van der Waals surface area contributed by atoms with Crippen LogP contribution in [0.25, 0.3) is 0 Å². The second-order valence-electron chi connectivity index (χ2n) is 4.77. The molecule has 1 aromatic carbocycles. The Morgan fingerprint density at radius 1 is 1.00 bits per heavy atom. The zero-order valence-corrected chi connectivity index (χ0v) is 14.0. The molecule has 140 valence electrons. The smallest absolute Gasteiger partial charge is 0.324 e. The van der Waals surface area contributed by atoms with Crippen molar-refractivity contribution in [3.8, 4) is 5.75 Å². The maximum absolute atomic E-state index is 10.4. The predicted molar refractivity (Wildman–Crippen MR) is 89.5 cm³/mol. The molecule has 3 N–H and O–H groups in total. The standard InChI is InChI=1S/C7H18N2.C6H3N3O7/c1-3-9(4-2)7-5-6-8;10-6-4(8(13)14)1-3(7(11)12)2-5(6)9(15)16/h3-8H2,1-2H3;1-2,10H. The van der Waals surface area contributed by atoms with Gasteiger partial charge in [0, 0.05) is 0 Å². The molecule has 12 nitrogen and oxygen atoms in total. The van der Waals surface area contributed by atoms with E-state index in [4.69, 9.17) is 10.8 Å². The molecule has 1 rings (SSSR count). The number of rotatable bonds is 8. The quantitative estimate of drug-likeness (QED) is 0.516. The Balaban J connectivity index is 0.000000547. The van der Waals surface area contributed by atoms with E-state index < -0.39 is 37.6 Å². The van der Waals surface area contributed by atoms with Crippen molar-refractivity contribution < 1.29 is 19.9 Å². The topological polar surface area (TPSA) is 179 Å². The van der Waals surface area contributed by atoms with Gasteiger partial charge < -0.3 is 15.7 Å². The van der Waals surface area contributed by atoms with Gasteiger partial charge in [0.2, 0.25) is 0 Å². The van der Waals surface area contributed by atoms with Crippen LogP contribution >= 0.6 is 0 Å². The molecule has 0 aliphatic heterocycles. The monoisotopic (exact) mass is 359 g/mol. The van der Waals surface area contributed by atoms with Crippen molar-refractivity contribution >= 4 is 17.1 Å². The third-order valence-corrected chi connectivity index (χ3v) is 3.23. The number of hydrogen-bond acceptors (Lipinski definition) is 9. The van der Waals surface area contributed by atoms with Crippen LogP contribution in [0.4, 0.5) is 17.1 Å². The molecule has 0 fully saturated rings. The molecule has 25 heavy (non-hydrogen) atoms. The summed E-state index contributed by atoms with van der Waals surface area (Å²) in [4.78, 5) is 30.2. The van der Waals surface area contributed by atoms with Crippen LogP contribution in [0.5, 0.6) is 5.75 Å². The van der Waals surface area contributed by atoms with Crippen molar-refractivity contribution in [3.63, 3.8) is 0 Å². The summed E-state index contributed by atoms with van der Waals surface area (Å²) in [5.41, 5.74) is 2.36. The van der Waals surface area contributed by atoms with Crippen molar-refractivity contribution in [3.05, 3.63) is 42.5 Å². The van der Waals surface area contributed by atoms with Crippen LogP contribution in [0.15, 0.2) is 12.1 Å². The summed E-state index contributed by atoms with van der Waals surface area (Å²) in [6.07, 6.45) is 1.13. The van der Waals surface area contributed by atoms with Crippen molar-refractivity contribution in [1.82, 2.24) is 4.90 Å². The Kier molecular flexibility index (Phi) is 9.59. The van der Waals surface area contributed by atoms with E-state index in [2.05, 4.69) is 18.7 Å². The molecule has 0 aromatic heterocycles. The number of non-ortho nitro benzene ring substituents is 1. The normalized spacial score (nSPS) is 10.1. The van der Waals surface area contributed by atoms with Crippen molar-refractivity contribution in [2.75, 3.05) is 26.2 Å². The van der Waals surface area contributed by atoms with Gasteiger partial charge >= 0.3 is 11.4 Å². The first-order valence-corrected chi connectivity index (χ1v) is 7.42. The van der Waals surface area contributed by atoms with Crippen molar-refractivity contribution in [2.24, 2.45) is 5.73 Å². The molecule has 0 saturated heterocycles. The first-order valence-electron chi connectivity index (χ1n) is 7.42. The second kappa shape index (κ2) is 10.8. The number of phenolic OH excluding ortho intramolecular Hbond substituents is 1. The van der Waals surface area contributed by atoms with Gasteiger partial charge in [0.25, 0.3) is 11.4 Å². The highest BCUT2D eigenvalue weighted by atomic mass is 16.6. The van der Waals surface area contributed by atoms with E-state index in [-0.39, 0.29) is 0 Å². The Labute approximate surface area is 143 Å². The van der Waals surface area contributed by atoms with Crippen LogP contribution in [0.1, 0.15) is 20.3 Å². The fourth-order valence-electron chi connectivity index (χ4n) is 1.83. The average Bonchev–Trinajstić information content (AvgIpc) is 2.55. The summed E-state index contributed by atoms with van der Waals surface area (Å²) in [6, 6.07) is 0.894. The minimum atomic E-state index is -1.21. The number of phenols is 1. The largest absolute Gasteiger partial charge is 0.497 e. The van der Waals surface area contributed by atoms with Crippen molar-refractivity contribution in [2.45, 2.75) is 20.3 Å². The number of benzene rings is 1. The van der Waals surface area contributed by atoms with Gasteiger partial charge in [-0.2, -0.15) is 0 Å². The molecule has 0 atom stereocenters. The van der Waals surface area contributed by atoms with E-state index in [1.807, 2.05) is 0 Å². The van der Waals surface area contributed by atoms with Crippen LogP contribution in [-0.4, -0.2) is 51.0 Å². The van der Waals surface area contributed by atoms with E-state index in [0.29, 0.717) is 12.1 Å². The number of hydrogen-bond donors (Lipinski definition) is 2. The molecular weight excluding hydrogens is 338 g/mol. The van der Waals surface area contributed by atoms with Gasteiger partial charge in [0.1, 0.15) is 0 Å². The molecule has 0 unspecified atom stereocenters. The lowest BCUT2D eigenvalue weighted by molar-refractivity contribution is -0.404. The number of nitrogens with two attached hydrogens (primary N) is 1. The first kappa shape index (κ1) is 22.1. The number of nitrogens with zero attached hydrogens (tertiary/aromatic N) is 4. The Hall–Kier alpha value is -2.86. The Morgan fingerprint density at radius 3 is 1.72 bits per heavy atom. The average molecular weight is 359 g/mol. The van der Waals surface area contributed by atoms with Gasteiger partial charge in [-0.25, -0.2) is 0 Å². The second-order valence-corrected chi connectivity index (χ2v) is 4.77. The molecule has 1 aromatic rings. The lowest BCUT2D eigenvalue weighted by Crippen LogP contribution is -2.25. The minimum absolute atomic E-state index is 0.447. The Bertz CT molecular complexity index is 584. The third kappa shape index (κ3) is 7.05. The molecule has 0 radical (unpaired) electrons. The van der Waals surface area contributed by atoms with E-state index >= 15 is 0 Å². The predicted octanol–water partition coefficient (Wildman–Crippen LogP) is 1.79. The lowest BCUT2D eigenvalue weighted by Gasteiger charge is -2.16. The van der Waals surface area contributed by atoms with Gasteiger partial charge in [-0.3, -0.25) is 30.3 Å². The van der Waals surface area contributed by atoms with Gasteiger partial charge in [0.05, 0.1) is 26.9 Å². The van der Waals surface area contributed by atoms with Crippen LogP contribution in [0, 0.1) is 30.3 Å². The zero-order chi connectivity index (χ0) is 19.6. The van der Waals surface area contributed by atoms with Gasteiger partial charge in [-0.1, -0.05) is 13.8 Å². The first-order chi connectivity index (χ1) is 11.7. The number of nitro groups is 3. The molecule has 0 heterocycles. The van der Waals surface area contributed by atoms with Crippen LogP contribution in [0.3, 0.4) is 0 Å². The maximum Gasteiger partial charge on any atom is 0.324 e. The summed E-state index contributed by atoms with van der Waals surface area (Å²) < 4.78 is 0. The summed E-state index contributed by atoms with van der Waals surface area (Å²) in [5, 5.41) is 40.2. The Morgan fingerprint density at radius 2 is 1.44 bits per heavy atom. The van der Waals surface area contributed by atoms with E-state index in [1.165, 1.54) is 0 Å². The highest BCUT2D eigenvalue weighted by Gasteiger charge is 2.30. The van der Waals surface area contributed by atoms with Crippen LogP contribution < -0.4 is 5.73 Å². The van der Waals surface area contributed by atoms with Crippen LogP contribution in [0.2, 0.25) is 0 Å². The highest BCUT2D eigenvalue weighted by Crippen LogP contribution is 2.38. The van der Waals surface area contributed by atoms with E-state index in [1.54, 1.807) is 0 Å². The van der Waals surface area contributed by atoms with Crippen molar-refractivity contribution in [1.29, 1.82) is 0 Å². The summed E-state index contributed by atoms with van der Waals surface area (Å²) in [6.45, 7) is 8.63.